The Morgan fingerprint density at radius 1 is 0.957 bits per heavy atom. The molecule has 1 heterocycles. The van der Waals surface area contributed by atoms with Gasteiger partial charge in [0.05, 0.1) is 5.92 Å². The maximum Gasteiger partial charge on any atom is 0.262 e. The summed E-state index contributed by atoms with van der Waals surface area (Å²) in [6.45, 7) is 3.80. The topological polar surface area (TPSA) is 12.0 Å². The first-order valence-corrected chi connectivity index (χ1v) is 8.35. The number of fused-ring (bicyclic) bond motifs is 3. The first-order chi connectivity index (χ1) is 11.1. The Morgan fingerprint density at radius 3 is 2.48 bits per heavy atom. The third-order valence-electron chi connectivity index (χ3n) is 5.24. The lowest BCUT2D eigenvalue weighted by atomic mass is 9.88. The van der Waals surface area contributed by atoms with Crippen LogP contribution in [-0.2, 0) is 19.3 Å². The van der Waals surface area contributed by atoms with Gasteiger partial charge in [-0.2, -0.15) is 0 Å². The second-order valence-corrected chi connectivity index (χ2v) is 6.80. The summed E-state index contributed by atoms with van der Waals surface area (Å²) in [5.74, 6) is -3.51. The van der Waals surface area contributed by atoms with Gasteiger partial charge < -0.3 is 5.32 Å². The Bertz CT molecular complexity index is 734. The average Bonchev–Trinajstić information content (AvgIpc) is 2.67. The lowest BCUT2D eigenvalue weighted by molar-refractivity contribution is -0.00367. The maximum absolute atomic E-state index is 14.8. The molecule has 3 heteroatoms. The number of rotatable bonds is 1. The highest BCUT2D eigenvalue weighted by atomic mass is 19.3. The van der Waals surface area contributed by atoms with E-state index in [2.05, 4.69) is 11.4 Å². The molecule has 1 nitrogen and oxygen atoms in total. The van der Waals surface area contributed by atoms with E-state index < -0.39 is 11.8 Å². The molecule has 0 spiro atoms. The van der Waals surface area contributed by atoms with Gasteiger partial charge >= 0.3 is 0 Å². The summed E-state index contributed by atoms with van der Waals surface area (Å²) in [4.78, 5) is 0. The average molecular weight is 313 g/mol. The van der Waals surface area contributed by atoms with Gasteiger partial charge in [0.15, 0.2) is 0 Å². The lowest BCUT2D eigenvalue weighted by Crippen LogP contribution is -2.23. The van der Waals surface area contributed by atoms with E-state index in [1.54, 1.807) is 0 Å². The van der Waals surface area contributed by atoms with Gasteiger partial charge in [-0.15, -0.1) is 0 Å². The molecule has 0 saturated carbocycles. The number of nitrogens with one attached hydrogen (secondary N) is 1. The van der Waals surface area contributed by atoms with Gasteiger partial charge in [0.1, 0.15) is 0 Å². The number of hydrogen-bond donors (Lipinski definition) is 1. The van der Waals surface area contributed by atoms with Crippen molar-refractivity contribution in [3.05, 3.63) is 69.8 Å². The minimum Gasteiger partial charge on any atom is -0.316 e. The number of halogens is 2. The molecule has 4 rings (SSSR count). The van der Waals surface area contributed by atoms with Gasteiger partial charge in [-0.05, 0) is 60.7 Å². The third kappa shape index (κ3) is 2.47. The van der Waals surface area contributed by atoms with E-state index in [1.807, 2.05) is 37.3 Å². The molecule has 1 aliphatic heterocycles. The summed E-state index contributed by atoms with van der Waals surface area (Å²) in [5.41, 5.74) is 5.98. The predicted molar refractivity (Wildman–Crippen MR) is 88.4 cm³/mol. The predicted octanol–water partition coefficient (Wildman–Crippen LogP) is 4.01. The van der Waals surface area contributed by atoms with Crippen LogP contribution in [-0.4, -0.2) is 19.0 Å². The van der Waals surface area contributed by atoms with Crippen LogP contribution < -0.4 is 5.32 Å². The first kappa shape index (κ1) is 14.8. The Labute approximate surface area is 135 Å². The van der Waals surface area contributed by atoms with E-state index in [0.717, 1.165) is 48.2 Å². The van der Waals surface area contributed by atoms with Crippen molar-refractivity contribution in [3.63, 3.8) is 0 Å². The standard InChI is InChI=1S/C20H21F2N/c1-13-2-4-15(5-3-13)19-17-7-6-14-8-10-23-11-9-16(14)18(17)12-20(19,21)22/h2-7,19,23H,8-12H2,1H3. The molecule has 120 valence electrons. The molecule has 0 aromatic heterocycles. The first-order valence-electron chi connectivity index (χ1n) is 8.35. The van der Waals surface area contributed by atoms with E-state index in [1.165, 1.54) is 11.1 Å². The SMILES string of the molecule is Cc1ccc(C2c3ccc4c(c3CC2(F)F)CCNCC4)cc1. The van der Waals surface area contributed by atoms with Crippen LogP contribution >= 0.6 is 0 Å². The zero-order chi connectivity index (χ0) is 16.0. The molecule has 0 bridgehead atoms. The summed E-state index contributed by atoms with van der Waals surface area (Å²) in [5, 5.41) is 3.37. The summed E-state index contributed by atoms with van der Waals surface area (Å²) in [6.07, 6.45) is 1.67. The highest BCUT2D eigenvalue weighted by Gasteiger charge is 2.49. The summed E-state index contributed by atoms with van der Waals surface area (Å²) in [6, 6.07) is 11.6. The zero-order valence-corrected chi connectivity index (χ0v) is 13.3. The van der Waals surface area contributed by atoms with Gasteiger partial charge in [-0.3, -0.25) is 0 Å². The number of alkyl halides is 2. The number of aryl methyl sites for hydroxylation is 1. The summed E-state index contributed by atoms with van der Waals surface area (Å²) < 4.78 is 29.7. The molecule has 1 aliphatic carbocycles. The molecule has 0 saturated heterocycles. The van der Waals surface area contributed by atoms with Crippen LogP contribution in [0.3, 0.4) is 0 Å². The molecule has 2 aromatic rings. The quantitative estimate of drug-likeness (QED) is 0.839. The van der Waals surface area contributed by atoms with Crippen LogP contribution in [0.5, 0.6) is 0 Å². The van der Waals surface area contributed by atoms with Crippen molar-refractivity contribution in [3.8, 4) is 0 Å². The van der Waals surface area contributed by atoms with Crippen molar-refractivity contribution in [1.29, 1.82) is 0 Å². The fourth-order valence-electron chi connectivity index (χ4n) is 4.09. The third-order valence-corrected chi connectivity index (χ3v) is 5.24. The Hall–Kier alpha value is -1.74. The zero-order valence-electron chi connectivity index (χ0n) is 13.3. The van der Waals surface area contributed by atoms with Crippen LogP contribution in [0.25, 0.3) is 0 Å². The molecular formula is C20H21F2N. The minimum atomic E-state index is -2.70. The van der Waals surface area contributed by atoms with Crippen molar-refractivity contribution in [2.75, 3.05) is 13.1 Å². The second-order valence-electron chi connectivity index (χ2n) is 6.80. The Kier molecular flexibility index (Phi) is 3.49. The van der Waals surface area contributed by atoms with E-state index in [-0.39, 0.29) is 6.42 Å². The lowest BCUT2D eigenvalue weighted by Gasteiger charge is -2.20. The number of hydrogen-bond acceptors (Lipinski definition) is 1. The van der Waals surface area contributed by atoms with Gasteiger partial charge in [0.2, 0.25) is 0 Å². The summed E-state index contributed by atoms with van der Waals surface area (Å²) >= 11 is 0. The maximum atomic E-state index is 14.8. The normalized spacial score (nSPS) is 22.3. The largest absolute Gasteiger partial charge is 0.316 e. The smallest absolute Gasteiger partial charge is 0.262 e. The van der Waals surface area contributed by atoms with Crippen molar-refractivity contribution < 1.29 is 8.78 Å². The Balaban J connectivity index is 1.84. The van der Waals surface area contributed by atoms with Crippen molar-refractivity contribution in [1.82, 2.24) is 5.32 Å². The van der Waals surface area contributed by atoms with Crippen LogP contribution in [0.1, 0.15) is 39.3 Å². The summed E-state index contributed by atoms with van der Waals surface area (Å²) in [7, 11) is 0. The van der Waals surface area contributed by atoms with Crippen molar-refractivity contribution in [2.24, 2.45) is 0 Å². The number of benzene rings is 2. The van der Waals surface area contributed by atoms with E-state index in [0.29, 0.717) is 0 Å². The van der Waals surface area contributed by atoms with Crippen LogP contribution in [0.2, 0.25) is 0 Å². The molecule has 1 atom stereocenters. The van der Waals surface area contributed by atoms with E-state index >= 15 is 0 Å². The monoisotopic (exact) mass is 313 g/mol. The van der Waals surface area contributed by atoms with E-state index in [9.17, 15) is 8.78 Å². The molecule has 2 aromatic carbocycles. The minimum absolute atomic E-state index is 0.121. The highest BCUT2D eigenvalue weighted by molar-refractivity contribution is 5.52. The fourth-order valence-corrected chi connectivity index (χ4v) is 4.09. The molecule has 2 aliphatic rings. The van der Waals surface area contributed by atoms with Crippen molar-refractivity contribution >= 4 is 0 Å². The molecule has 0 amide bonds. The highest BCUT2D eigenvalue weighted by Crippen LogP contribution is 2.50. The molecule has 0 fully saturated rings. The van der Waals surface area contributed by atoms with E-state index in [4.69, 9.17) is 0 Å². The van der Waals surface area contributed by atoms with Gasteiger partial charge in [0.25, 0.3) is 5.92 Å². The van der Waals surface area contributed by atoms with Gasteiger partial charge in [-0.1, -0.05) is 42.0 Å². The second kappa shape index (κ2) is 5.41. The fraction of sp³-hybridized carbons (Fsp3) is 0.400. The van der Waals surface area contributed by atoms with Gasteiger partial charge in [0, 0.05) is 6.42 Å². The van der Waals surface area contributed by atoms with Crippen molar-refractivity contribution in [2.45, 2.75) is 38.0 Å². The molecule has 23 heavy (non-hydrogen) atoms. The molecule has 1 N–H and O–H groups in total. The molecule has 0 radical (unpaired) electrons. The van der Waals surface area contributed by atoms with Crippen LogP contribution in [0.4, 0.5) is 8.78 Å². The van der Waals surface area contributed by atoms with Crippen LogP contribution in [0.15, 0.2) is 36.4 Å². The van der Waals surface area contributed by atoms with Crippen LogP contribution in [0, 0.1) is 6.92 Å². The van der Waals surface area contributed by atoms with Gasteiger partial charge in [-0.25, -0.2) is 8.78 Å². The molecular weight excluding hydrogens is 292 g/mol. The Morgan fingerprint density at radius 2 is 1.70 bits per heavy atom. The molecule has 1 unspecified atom stereocenters.